The molecule has 0 radical (unpaired) electrons. The smallest absolute Gasteiger partial charge is 0.266 e. The van der Waals surface area contributed by atoms with Gasteiger partial charge in [-0.25, -0.2) is 0 Å². The van der Waals surface area contributed by atoms with Gasteiger partial charge in [0.15, 0.2) is 0 Å². The van der Waals surface area contributed by atoms with E-state index in [-0.39, 0.29) is 5.91 Å². The van der Waals surface area contributed by atoms with E-state index in [1.54, 1.807) is 24.3 Å². The van der Waals surface area contributed by atoms with Gasteiger partial charge in [-0.3, -0.25) is 9.69 Å². The first-order valence-electron chi connectivity index (χ1n) is 6.59. The van der Waals surface area contributed by atoms with Crippen molar-refractivity contribution in [2.24, 2.45) is 0 Å². The van der Waals surface area contributed by atoms with E-state index in [0.29, 0.717) is 21.5 Å². The Kier molecular flexibility index (Phi) is 4.31. The minimum Gasteiger partial charge on any atom is -0.497 e. The third-order valence-corrected chi connectivity index (χ3v) is 4.56. The van der Waals surface area contributed by atoms with Crippen molar-refractivity contribution in [3.8, 4) is 5.75 Å². The maximum Gasteiger partial charge on any atom is 0.266 e. The second kappa shape index (κ2) is 6.37. The Morgan fingerprint density at radius 1 is 1.32 bits per heavy atom. The number of furan rings is 1. The average molecular weight is 331 g/mol. The third kappa shape index (κ3) is 3.08. The third-order valence-electron chi connectivity index (χ3n) is 3.18. The minimum absolute atomic E-state index is 0.0952. The molecule has 3 rings (SSSR count). The summed E-state index contributed by atoms with van der Waals surface area (Å²) in [4.78, 5) is 14.6. The number of thioether (sulfide) groups is 1. The summed E-state index contributed by atoms with van der Waals surface area (Å²) in [6.07, 6.45) is 3.42. The molecule has 0 atom stereocenters. The van der Waals surface area contributed by atoms with E-state index in [2.05, 4.69) is 0 Å². The highest BCUT2D eigenvalue weighted by Crippen LogP contribution is 2.33. The monoisotopic (exact) mass is 331 g/mol. The maximum absolute atomic E-state index is 12.5. The fraction of sp³-hybridized carbons (Fsp3) is 0.125. The van der Waals surface area contributed by atoms with E-state index in [1.807, 2.05) is 36.4 Å². The van der Waals surface area contributed by atoms with Gasteiger partial charge in [0.05, 0.1) is 24.8 Å². The highest BCUT2D eigenvalue weighted by Gasteiger charge is 2.32. The van der Waals surface area contributed by atoms with E-state index in [1.165, 1.54) is 11.8 Å². The summed E-state index contributed by atoms with van der Waals surface area (Å²) < 4.78 is 10.9. The van der Waals surface area contributed by atoms with Crippen molar-refractivity contribution >= 4 is 40.3 Å². The number of rotatable bonds is 4. The molecule has 0 aliphatic carbocycles. The lowest BCUT2D eigenvalue weighted by atomic mass is 10.2. The van der Waals surface area contributed by atoms with Crippen LogP contribution in [0.25, 0.3) is 6.08 Å². The molecule has 2 aromatic rings. The number of nitrogens with zero attached hydrogens (tertiary/aromatic N) is 1. The molecule has 0 unspecified atom stereocenters. The summed E-state index contributed by atoms with van der Waals surface area (Å²) in [6, 6.07) is 11.1. The van der Waals surface area contributed by atoms with E-state index >= 15 is 0 Å². The fourth-order valence-electron chi connectivity index (χ4n) is 2.05. The molecule has 0 N–H and O–H groups in total. The van der Waals surface area contributed by atoms with Crippen LogP contribution in [0.5, 0.6) is 5.75 Å². The predicted octanol–water partition coefficient (Wildman–Crippen LogP) is 3.69. The van der Waals surface area contributed by atoms with Gasteiger partial charge in [0, 0.05) is 0 Å². The van der Waals surface area contributed by atoms with Gasteiger partial charge in [-0.1, -0.05) is 36.1 Å². The lowest BCUT2D eigenvalue weighted by Crippen LogP contribution is -2.27. The summed E-state index contributed by atoms with van der Waals surface area (Å²) in [6.45, 7) is 0.359. The molecule has 112 valence electrons. The zero-order chi connectivity index (χ0) is 15.5. The Hall–Kier alpha value is -2.05. The summed E-state index contributed by atoms with van der Waals surface area (Å²) in [7, 11) is 1.62. The van der Waals surface area contributed by atoms with Crippen LogP contribution in [0.1, 0.15) is 11.3 Å². The Morgan fingerprint density at radius 3 is 2.73 bits per heavy atom. The highest BCUT2D eigenvalue weighted by atomic mass is 32.2. The molecule has 6 heteroatoms. The summed E-state index contributed by atoms with van der Waals surface area (Å²) in [5.74, 6) is 1.40. The fourth-order valence-corrected chi connectivity index (χ4v) is 3.30. The largest absolute Gasteiger partial charge is 0.497 e. The number of hydrogen-bond acceptors (Lipinski definition) is 5. The van der Waals surface area contributed by atoms with Crippen LogP contribution in [0.2, 0.25) is 0 Å². The molecule has 1 aromatic heterocycles. The molecule has 1 fully saturated rings. The molecule has 2 heterocycles. The molecule has 0 spiro atoms. The average Bonchev–Trinajstić information content (AvgIpc) is 3.13. The Labute approximate surface area is 137 Å². The maximum atomic E-state index is 12.5. The van der Waals surface area contributed by atoms with E-state index in [4.69, 9.17) is 21.4 Å². The highest BCUT2D eigenvalue weighted by molar-refractivity contribution is 8.26. The van der Waals surface area contributed by atoms with Crippen molar-refractivity contribution in [3.63, 3.8) is 0 Å². The molecular weight excluding hydrogens is 318 g/mol. The Bertz CT molecular complexity index is 720. The molecule has 0 saturated carbocycles. The molecule has 4 nitrogen and oxygen atoms in total. The normalized spacial score (nSPS) is 16.6. The number of methoxy groups -OCH3 is 1. The van der Waals surface area contributed by atoms with Crippen molar-refractivity contribution < 1.29 is 13.9 Å². The SMILES string of the molecule is COc1ccc(/C=C2/SC(=S)N(Cc3ccco3)C2=O)cc1. The van der Waals surface area contributed by atoms with Crippen molar-refractivity contribution in [3.05, 3.63) is 58.9 Å². The van der Waals surface area contributed by atoms with Gasteiger partial charge in [0.2, 0.25) is 0 Å². The van der Waals surface area contributed by atoms with Gasteiger partial charge in [-0.2, -0.15) is 0 Å². The van der Waals surface area contributed by atoms with Crippen LogP contribution in [0, 0.1) is 0 Å². The van der Waals surface area contributed by atoms with Crippen LogP contribution in [0.4, 0.5) is 0 Å². The van der Waals surface area contributed by atoms with Gasteiger partial charge < -0.3 is 9.15 Å². The minimum atomic E-state index is -0.0952. The number of amides is 1. The van der Waals surface area contributed by atoms with Crippen LogP contribution in [-0.4, -0.2) is 22.2 Å². The van der Waals surface area contributed by atoms with Gasteiger partial charge in [0.1, 0.15) is 15.8 Å². The number of ether oxygens (including phenoxy) is 1. The molecule has 22 heavy (non-hydrogen) atoms. The van der Waals surface area contributed by atoms with Crippen molar-refractivity contribution in [2.75, 3.05) is 7.11 Å². The second-order valence-corrected chi connectivity index (χ2v) is 6.30. The first kappa shape index (κ1) is 14.9. The topological polar surface area (TPSA) is 42.7 Å². The van der Waals surface area contributed by atoms with Crippen LogP contribution in [-0.2, 0) is 11.3 Å². The Morgan fingerprint density at radius 2 is 2.09 bits per heavy atom. The molecule has 1 aliphatic heterocycles. The summed E-state index contributed by atoms with van der Waals surface area (Å²) >= 11 is 6.59. The lowest BCUT2D eigenvalue weighted by molar-refractivity contribution is -0.122. The summed E-state index contributed by atoms with van der Waals surface area (Å²) in [5, 5.41) is 0. The number of carbonyl (C=O) groups excluding carboxylic acids is 1. The zero-order valence-electron chi connectivity index (χ0n) is 11.8. The van der Waals surface area contributed by atoms with Crippen molar-refractivity contribution in [1.82, 2.24) is 4.90 Å². The van der Waals surface area contributed by atoms with Gasteiger partial charge >= 0.3 is 0 Å². The standard InChI is InChI=1S/C16H13NO3S2/c1-19-12-6-4-11(5-7-12)9-14-15(18)17(16(21)22-14)10-13-3-2-8-20-13/h2-9H,10H2,1H3/b14-9+. The van der Waals surface area contributed by atoms with Crippen molar-refractivity contribution in [2.45, 2.75) is 6.54 Å². The first-order chi connectivity index (χ1) is 10.7. The molecule has 1 saturated heterocycles. The molecule has 1 aromatic carbocycles. The van der Waals surface area contributed by atoms with Crippen molar-refractivity contribution in [1.29, 1.82) is 0 Å². The molecule has 1 aliphatic rings. The summed E-state index contributed by atoms with van der Waals surface area (Å²) in [5.41, 5.74) is 0.930. The first-order valence-corrected chi connectivity index (χ1v) is 7.81. The molecular formula is C16H13NO3S2. The Balaban J connectivity index is 1.78. The quantitative estimate of drug-likeness (QED) is 0.631. The number of carbonyl (C=O) groups is 1. The second-order valence-electron chi connectivity index (χ2n) is 4.62. The van der Waals surface area contributed by atoms with E-state index in [9.17, 15) is 4.79 Å². The lowest BCUT2D eigenvalue weighted by Gasteiger charge is -2.11. The van der Waals surface area contributed by atoms with Crippen LogP contribution in [0.15, 0.2) is 52.0 Å². The predicted molar refractivity (Wildman–Crippen MR) is 90.4 cm³/mol. The van der Waals surface area contributed by atoms with E-state index < -0.39 is 0 Å². The van der Waals surface area contributed by atoms with E-state index in [0.717, 1.165) is 11.3 Å². The van der Waals surface area contributed by atoms with Crippen LogP contribution in [0.3, 0.4) is 0 Å². The number of hydrogen-bond donors (Lipinski definition) is 0. The van der Waals surface area contributed by atoms with Crippen LogP contribution < -0.4 is 4.74 Å². The van der Waals surface area contributed by atoms with Gasteiger partial charge in [0.25, 0.3) is 5.91 Å². The van der Waals surface area contributed by atoms with Gasteiger partial charge in [-0.05, 0) is 35.9 Å². The number of benzene rings is 1. The molecule has 1 amide bonds. The van der Waals surface area contributed by atoms with Crippen LogP contribution >= 0.6 is 24.0 Å². The van der Waals surface area contributed by atoms with Gasteiger partial charge in [-0.15, -0.1) is 0 Å². The zero-order valence-corrected chi connectivity index (χ0v) is 13.4. The number of thiocarbonyl (C=S) groups is 1. The molecule has 0 bridgehead atoms.